The molecule has 12 heavy (non-hydrogen) atoms. The molecule has 1 aliphatic carbocycles. The van der Waals surface area contributed by atoms with Crippen LogP contribution in [-0.2, 0) is 0 Å². The Balaban J connectivity index is 2.58. The number of hydrogen-bond donors (Lipinski definition) is 0. The summed E-state index contributed by atoms with van der Waals surface area (Å²) in [6.45, 7) is 12.1. The van der Waals surface area contributed by atoms with Gasteiger partial charge < -0.3 is 0 Å². The molecule has 1 fully saturated rings. The van der Waals surface area contributed by atoms with Crippen LogP contribution in [0.1, 0.15) is 47.5 Å². The molecule has 0 bridgehead atoms. The van der Waals surface area contributed by atoms with Gasteiger partial charge in [0.15, 0.2) is 0 Å². The maximum atomic E-state index is 2.45. The molecule has 0 spiro atoms. The molecule has 1 rings (SSSR count). The van der Waals surface area contributed by atoms with Gasteiger partial charge >= 0.3 is 0 Å². The highest BCUT2D eigenvalue weighted by molar-refractivity contribution is 4.82. The lowest BCUT2D eigenvalue weighted by Gasteiger charge is -2.40. The van der Waals surface area contributed by atoms with E-state index in [1.807, 2.05) is 0 Å². The van der Waals surface area contributed by atoms with Gasteiger partial charge in [0.1, 0.15) is 0 Å². The Bertz CT molecular complexity index is 137. The van der Waals surface area contributed by atoms with Crippen LogP contribution < -0.4 is 0 Å². The second-order valence-corrected chi connectivity index (χ2v) is 5.18. The van der Waals surface area contributed by atoms with Crippen molar-refractivity contribution >= 4 is 0 Å². The van der Waals surface area contributed by atoms with Crippen LogP contribution >= 0.6 is 0 Å². The van der Waals surface area contributed by atoms with Crippen molar-refractivity contribution < 1.29 is 0 Å². The largest absolute Gasteiger partial charge is 0.0625 e. The molecule has 0 amide bonds. The SMILES string of the molecule is CC(C)C1CCC(C)C(C)C1C. The van der Waals surface area contributed by atoms with Crippen LogP contribution in [0.3, 0.4) is 0 Å². The van der Waals surface area contributed by atoms with Crippen molar-refractivity contribution in [3.63, 3.8) is 0 Å². The van der Waals surface area contributed by atoms with Gasteiger partial charge in [0.2, 0.25) is 0 Å². The average Bonchev–Trinajstić information content (AvgIpc) is 2.00. The Morgan fingerprint density at radius 3 is 2.00 bits per heavy atom. The summed E-state index contributed by atoms with van der Waals surface area (Å²) < 4.78 is 0. The molecular formula is C12H24. The molecule has 0 aromatic heterocycles. The fourth-order valence-corrected chi connectivity index (χ4v) is 2.83. The van der Waals surface area contributed by atoms with Crippen LogP contribution in [0.5, 0.6) is 0 Å². The third-order valence-corrected chi connectivity index (χ3v) is 4.21. The molecule has 0 nitrogen and oxygen atoms in total. The van der Waals surface area contributed by atoms with E-state index >= 15 is 0 Å². The van der Waals surface area contributed by atoms with E-state index in [1.165, 1.54) is 12.8 Å². The minimum atomic E-state index is 0.884. The van der Waals surface area contributed by atoms with E-state index in [0.717, 1.165) is 29.6 Å². The zero-order chi connectivity index (χ0) is 9.30. The summed E-state index contributed by atoms with van der Waals surface area (Å²) in [5, 5.41) is 0. The molecule has 0 N–H and O–H groups in total. The zero-order valence-corrected chi connectivity index (χ0v) is 9.30. The van der Waals surface area contributed by atoms with E-state index in [1.54, 1.807) is 0 Å². The van der Waals surface area contributed by atoms with Gasteiger partial charge in [-0.1, -0.05) is 41.0 Å². The quantitative estimate of drug-likeness (QED) is 0.556. The minimum Gasteiger partial charge on any atom is -0.0625 e. The first-order chi connectivity index (χ1) is 5.54. The van der Waals surface area contributed by atoms with Crippen LogP contribution in [-0.4, -0.2) is 0 Å². The fourth-order valence-electron chi connectivity index (χ4n) is 2.83. The molecule has 4 atom stereocenters. The number of rotatable bonds is 1. The molecule has 0 aromatic rings. The van der Waals surface area contributed by atoms with Gasteiger partial charge in [-0.3, -0.25) is 0 Å². The molecular weight excluding hydrogens is 144 g/mol. The lowest BCUT2D eigenvalue weighted by molar-refractivity contribution is 0.0938. The topological polar surface area (TPSA) is 0 Å². The monoisotopic (exact) mass is 168 g/mol. The molecule has 1 saturated carbocycles. The molecule has 72 valence electrons. The van der Waals surface area contributed by atoms with Crippen LogP contribution in [0.25, 0.3) is 0 Å². The van der Waals surface area contributed by atoms with Crippen molar-refractivity contribution in [3.05, 3.63) is 0 Å². The second-order valence-electron chi connectivity index (χ2n) is 5.18. The zero-order valence-electron chi connectivity index (χ0n) is 9.30. The van der Waals surface area contributed by atoms with E-state index in [4.69, 9.17) is 0 Å². The summed E-state index contributed by atoms with van der Waals surface area (Å²) in [5.74, 6) is 4.70. The lowest BCUT2D eigenvalue weighted by atomic mass is 9.65. The standard InChI is InChI=1S/C12H24/c1-8(2)12-7-6-9(3)10(4)11(12)5/h8-12H,6-7H2,1-5H3. The summed E-state index contributed by atoms with van der Waals surface area (Å²) >= 11 is 0. The van der Waals surface area contributed by atoms with Crippen LogP contribution in [0.4, 0.5) is 0 Å². The van der Waals surface area contributed by atoms with Crippen LogP contribution in [0.2, 0.25) is 0 Å². The van der Waals surface area contributed by atoms with E-state index in [0.29, 0.717) is 0 Å². The molecule has 0 aliphatic heterocycles. The molecule has 1 aliphatic rings. The van der Waals surface area contributed by atoms with Crippen molar-refractivity contribution in [1.29, 1.82) is 0 Å². The Labute approximate surface area is 77.7 Å². The normalized spacial score (nSPS) is 43.5. The number of hydrogen-bond acceptors (Lipinski definition) is 0. The van der Waals surface area contributed by atoms with Gasteiger partial charge in [0, 0.05) is 0 Å². The summed E-state index contributed by atoms with van der Waals surface area (Å²) in [4.78, 5) is 0. The average molecular weight is 168 g/mol. The predicted octanol–water partition coefficient (Wildman–Crippen LogP) is 3.96. The first-order valence-corrected chi connectivity index (χ1v) is 5.54. The summed E-state index contributed by atoms with van der Waals surface area (Å²) in [7, 11) is 0. The van der Waals surface area contributed by atoms with Gasteiger partial charge in [-0.2, -0.15) is 0 Å². The minimum absolute atomic E-state index is 0.884. The van der Waals surface area contributed by atoms with E-state index < -0.39 is 0 Å². The van der Waals surface area contributed by atoms with Gasteiger partial charge in [-0.05, 0) is 36.0 Å². The molecule has 0 saturated heterocycles. The maximum absolute atomic E-state index is 2.45. The summed E-state index contributed by atoms with van der Waals surface area (Å²) in [6, 6.07) is 0. The van der Waals surface area contributed by atoms with Gasteiger partial charge in [0.25, 0.3) is 0 Å². The Morgan fingerprint density at radius 2 is 1.50 bits per heavy atom. The van der Waals surface area contributed by atoms with Crippen LogP contribution in [0, 0.1) is 29.6 Å². The highest BCUT2D eigenvalue weighted by Crippen LogP contribution is 2.41. The summed E-state index contributed by atoms with van der Waals surface area (Å²) in [6.07, 6.45) is 2.92. The highest BCUT2D eigenvalue weighted by Gasteiger charge is 2.32. The fraction of sp³-hybridized carbons (Fsp3) is 1.00. The molecule has 0 aromatic carbocycles. The van der Waals surface area contributed by atoms with E-state index in [-0.39, 0.29) is 0 Å². The first-order valence-electron chi connectivity index (χ1n) is 5.54. The van der Waals surface area contributed by atoms with E-state index in [2.05, 4.69) is 34.6 Å². The van der Waals surface area contributed by atoms with Gasteiger partial charge in [-0.15, -0.1) is 0 Å². The summed E-state index contributed by atoms with van der Waals surface area (Å²) in [5.41, 5.74) is 0. The van der Waals surface area contributed by atoms with Crippen molar-refractivity contribution in [2.45, 2.75) is 47.5 Å². The predicted molar refractivity (Wildman–Crippen MR) is 55.1 cm³/mol. The Morgan fingerprint density at radius 1 is 0.917 bits per heavy atom. The smallest absolute Gasteiger partial charge is 0.0363 e. The molecule has 0 heteroatoms. The van der Waals surface area contributed by atoms with Gasteiger partial charge in [-0.25, -0.2) is 0 Å². The van der Waals surface area contributed by atoms with Crippen molar-refractivity contribution in [2.24, 2.45) is 29.6 Å². The van der Waals surface area contributed by atoms with Gasteiger partial charge in [0.05, 0.1) is 0 Å². The molecule has 4 unspecified atom stereocenters. The Kier molecular flexibility index (Phi) is 3.20. The third-order valence-electron chi connectivity index (χ3n) is 4.21. The molecule has 0 radical (unpaired) electrons. The van der Waals surface area contributed by atoms with E-state index in [9.17, 15) is 0 Å². The lowest BCUT2D eigenvalue weighted by Crippen LogP contribution is -2.32. The van der Waals surface area contributed by atoms with Crippen molar-refractivity contribution in [3.8, 4) is 0 Å². The Hall–Kier alpha value is 0. The first kappa shape index (κ1) is 10.1. The van der Waals surface area contributed by atoms with Crippen molar-refractivity contribution in [1.82, 2.24) is 0 Å². The van der Waals surface area contributed by atoms with Crippen LogP contribution in [0.15, 0.2) is 0 Å². The molecule has 0 heterocycles. The van der Waals surface area contributed by atoms with Crippen molar-refractivity contribution in [2.75, 3.05) is 0 Å². The second kappa shape index (κ2) is 3.81. The maximum Gasteiger partial charge on any atom is -0.0363 e. The third kappa shape index (κ3) is 1.84. The highest BCUT2D eigenvalue weighted by atomic mass is 14.4.